The van der Waals surface area contributed by atoms with Gasteiger partial charge in [0.05, 0.1) is 0 Å². The van der Waals surface area contributed by atoms with Gasteiger partial charge >= 0.3 is 0 Å². The third kappa shape index (κ3) is 5.09. The zero-order chi connectivity index (χ0) is 19.4. The van der Waals surface area contributed by atoms with Crippen molar-refractivity contribution in [1.82, 2.24) is 0 Å². The van der Waals surface area contributed by atoms with Gasteiger partial charge in [-0.15, -0.1) is 0 Å². The summed E-state index contributed by atoms with van der Waals surface area (Å²) in [6, 6.07) is 15.1. The Morgan fingerprint density at radius 3 is 2.59 bits per heavy atom. The number of carbonyl (C=O) groups excluding carboxylic acids is 2. The van der Waals surface area contributed by atoms with Crippen molar-refractivity contribution >= 4 is 23.2 Å². The SMILES string of the molecule is CC(C)c1cccc(N(C)C(=O)COc2cccc(NC(=O)C3CC3)c2)c1. The largest absolute Gasteiger partial charge is 0.484 e. The summed E-state index contributed by atoms with van der Waals surface area (Å²) < 4.78 is 5.64. The monoisotopic (exact) mass is 366 g/mol. The number of anilines is 2. The topological polar surface area (TPSA) is 58.6 Å². The summed E-state index contributed by atoms with van der Waals surface area (Å²) in [7, 11) is 1.75. The van der Waals surface area contributed by atoms with Crippen LogP contribution in [0.15, 0.2) is 48.5 Å². The molecule has 0 atom stereocenters. The molecule has 1 fully saturated rings. The van der Waals surface area contributed by atoms with Crippen molar-refractivity contribution < 1.29 is 14.3 Å². The molecule has 5 nitrogen and oxygen atoms in total. The molecule has 5 heteroatoms. The summed E-state index contributed by atoms with van der Waals surface area (Å²) in [4.78, 5) is 26.0. The predicted octanol–water partition coefficient (Wildman–Crippen LogP) is 4.20. The first-order chi connectivity index (χ1) is 12.9. The van der Waals surface area contributed by atoms with Crippen LogP contribution in [-0.2, 0) is 9.59 Å². The number of nitrogens with one attached hydrogen (secondary N) is 1. The third-order valence-corrected chi connectivity index (χ3v) is 4.71. The van der Waals surface area contributed by atoms with Crippen LogP contribution in [-0.4, -0.2) is 25.5 Å². The Hall–Kier alpha value is -2.82. The molecule has 142 valence electrons. The van der Waals surface area contributed by atoms with E-state index in [2.05, 4.69) is 25.2 Å². The summed E-state index contributed by atoms with van der Waals surface area (Å²) in [6.07, 6.45) is 1.92. The molecule has 0 spiro atoms. The van der Waals surface area contributed by atoms with Gasteiger partial charge in [-0.3, -0.25) is 9.59 Å². The molecule has 1 aliphatic rings. The van der Waals surface area contributed by atoms with Crippen LogP contribution in [0.3, 0.4) is 0 Å². The van der Waals surface area contributed by atoms with Crippen LogP contribution in [0.25, 0.3) is 0 Å². The van der Waals surface area contributed by atoms with E-state index in [4.69, 9.17) is 4.74 Å². The predicted molar refractivity (Wildman–Crippen MR) is 107 cm³/mol. The van der Waals surface area contributed by atoms with Gasteiger partial charge in [0, 0.05) is 30.4 Å². The van der Waals surface area contributed by atoms with Crippen molar-refractivity contribution in [2.45, 2.75) is 32.6 Å². The molecule has 3 rings (SSSR count). The smallest absolute Gasteiger partial charge is 0.264 e. The average Bonchev–Trinajstić information content (AvgIpc) is 3.51. The number of benzene rings is 2. The van der Waals surface area contributed by atoms with E-state index in [0.717, 1.165) is 18.5 Å². The van der Waals surface area contributed by atoms with Crippen molar-refractivity contribution in [3.63, 3.8) is 0 Å². The van der Waals surface area contributed by atoms with Crippen LogP contribution < -0.4 is 15.0 Å². The lowest BCUT2D eigenvalue weighted by molar-refractivity contribution is -0.120. The molecule has 27 heavy (non-hydrogen) atoms. The van der Waals surface area contributed by atoms with Crippen LogP contribution in [0.5, 0.6) is 5.75 Å². The molecule has 0 heterocycles. The maximum absolute atomic E-state index is 12.5. The molecule has 0 aromatic heterocycles. The lowest BCUT2D eigenvalue weighted by Gasteiger charge is -2.19. The van der Waals surface area contributed by atoms with Gasteiger partial charge in [0.2, 0.25) is 5.91 Å². The van der Waals surface area contributed by atoms with Crippen LogP contribution in [0.2, 0.25) is 0 Å². The van der Waals surface area contributed by atoms with Crippen LogP contribution in [0.4, 0.5) is 11.4 Å². The minimum absolute atomic E-state index is 0.0491. The van der Waals surface area contributed by atoms with E-state index < -0.39 is 0 Å². The van der Waals surface area contributed by atoms with Crippen molar-refractivity contribution in [2.75, 3.05) is 23.9 Å². The van der Waals surface area contributed by atoms with Gasteiger partial charge in [0.15, 0.2) is 6.61 Å². The Balaban J connectivity index is 1.58. The van der Waals surface area contributed by atoms with E-state index in [0.29, 0.717) is 17.4 Å². The van der Waals surface area contributed by atoms with Gasteiger partial charge in [0.1, 0.15) is 5.75 Å². The maximum Gasteiger partial charge on any atom is 0.264 e. The number of nitrogens with zero attached hydrogens (tertiary/aromatic N) is 1. The molecular weight excluding hydrogens is 340 g/mol. The highest BCUT2D eigenvalue weighted by atomic mass is 16.5. The van der Waals surface area contributed by atoms with E-state index in [1.165, 1.54) is 5.56 Å². The Labute approximate surface area is 160 Å². The summed E-state index contributed by atoms with van der Waals surface area (Å²) in [5, 5.41) is 2.88. The number of hydrogen-bond acceptors (Lipinski definition) is 3. The molecule has 1 aliphatic carbocycles. The Kier molecular flexibility index (Phi) is 5.79. The molecular formula is C22H26N2O3. The van der Waals surface area contributed by atoms with Crippen molar-refractivity contribution in [2.24, 2.45) is 5.92 Å². The molecule has 1 saturated carbocycles. The molecule has 2 amide bonds. The fourth-order valence-electron chi connectivity index (χ4n) is 2.73. The second-order valence-electron chi connectivity index (χ2n) is 7.28. The minimum Gasteiger partial charge on any atom is -0.484 e. The normalized spacial score (nSPS) is 13.3. The number of ether oxygens (including phenoxy) is 1. The fraction of sp³-hybridized carbons (Fsp3) is 0.364. The number of carbonyl (C=O) groups is 2. The van der Waals surface area contributed by atoms with Gasteiger partial charge in [-0.05, 0) is 48.6 Å². The quantitative estimate of drug-likeness (QED) is 0.799. The molecule has 0 aliphatic heterocycles. The van der Waals surface area contributed by atoms with Crippen LogP contribution in [0, 0.1) is 5.92 Å². The Morgan fingerprint density at radius 2 is 1.89 bits per heavy atom. The van der Waals surface area contributed by atoms with Crippen molar-refractivity contribution in [3.05, 3.63) is 54.1 Å². The summed E-state index contributed by atoms with van der Waals surface area (Å²) in [5.41, 5.74) is 2.72. The Morgan fingerprint density at radius 1 is 1.15 bits per heavy atom. The van der Waals surface area contributed by atoms with Crippen LogP contribution >= 0.6 is 0 Å². The highest BCUT2D eigenvalue weighted by Crippen LogP contribution is 2.30. The molecule has 0 bridgehead atoms. The number of hydrogen-bond donors (Lipinski definition) is 1. The first-order valence-electron chi connectivity index (χ1n) is 9.34. The Bertz CT molecular complexity index is 828. The molecule has 2 aromatic rings. The number of likely N-dealkylation sites (N-methyl/N-ethyl adjacent to an activating group) is 1. The van der Waals surface area contributed by atoms with Crippen molar-refractivity contribution in [3.8, 4) is 5.75 Å². The first kappa shape index (κ1) is 19.0. The lowest BCUT2D eigenvalue weighted by Crippen LogP contribution is -2.31. The van der Waals surface area contributed by atoms with E-state index in [1.54, 1.807) is 30.1 Å². The molecule has 0 saturated heterocycles. The third-order valence-electron chi connectivity index (χ3n) is 4.71. The fourth-order valence-corrected chi connectivity index (χ4v) is 2.73. The molecule has 2 aromatic carbocycles. The van der Waals surface area contributed by atoms with E-state index in [9.17, 15) is 9.59 Å². The van der Waals surface area contributed by atoms with Gasteiger partial charge < -0.3 is 15.0 Å². The van der Waals surface area contributed by atoms with Crippen LogP contribution in [0.1, 0.15) is 38.2 Å². The van der Waals surface area contributed by atoms with E-state index >= 15 is 0 Å². The summed E-state index contributed by atoms with van der Waals surface area (Å²) in [5.74, 6) is 1.02. The average molecular weight is 366 g/mol. The zero-order valence-corrected chi connectivity index (χ0v) is 16.1. The number of amides is 2. The summed E-state index contributed by atoms with van der Waals surface area (Å²) in [6.45, 7) is 4.18. The standard InChI is InChI=1S/C22H26N2O3/c1-15(2)17-6-4-8-19(12-17)24(3)21(25)14-27-20-9-5-7-18(13-20)23-22(26)16-10-11-16/h4-9,12-13,15-16H,10-11,14H2,1-3H3,(H,23,26). The highest BCUT2D eigenvalue weighted by Gasteiger charge is 2.29. The van der Waals surface area contributed by atoms with Gasteiger partial charge in [-0.2, -0.15) is 0 Å². The second-order valence-corrected chi connectivity index (χ2v) is 7.28. The van der Waals surface area contributed by atoms with Gasteiger partial charge in [0.25, 0.3) is 5.91 Å². The van der Waals surface area contributed by atoms with E-state index in [1.807, 2.05) is 24.3 Å². The highest BCUT2D eigenvalue weighted by molar-refractivity contribution is 5.95. The molecule has 1 N–H and O–H groups in total. The van der Waals surface area contributed by atoms with Crippen molar-refractivity contribution in [1.29, 1.82) is 0 Å². The second kappa shape index (κ2) is 8.25. The minimum atomic E-state index is -0.136. The maximum atomic E-state index is 12.5. The molecule has 0 unspecified atom stereocenters. The van der Waals surface area contributed by atoms with Gasteiger partial charge in [-0.1, -0.05) is 32.0 Å². The number of rotatable bonds is 7. The lowest BCUT2D eigenvalue weighted by atomic mass is 10.0. The first-order valence-corrected chi connectivity index (χ1v) is 9.34. The zero-order valence-electron chi connectivity index (χ0n) is 16.1. The van der Waals surface area contributed by atoms with Gasteiger partial charge in [-0.25, -0.2) is 0 Å². The van der Waals surface area contributed by atoms with E-state index in [-0.39, 0.29) is 24.3 Å². The summed E-state index contributed by atoms with van der Waals surface area (Å²) >= 11 is 0. The molecule has 0 radical (unpaired) electrons.